The van der Waals surface area contributed by atoms with Gasteiger partial charge in [-0.25, -0.2) is 0 Å². The van der Waals surface area contributed by atoms with E-state index in [0.29, 0.717) is 6.54 Å². The molecule has 1 heterocycles. The van der Waals surface area contributed by atoms with Crippen LogP contribution in [-0.4, -0.2) is 0 Å². The molecule has 1 aromatic heterocycles. The van der Waals surface area contributed by atoms with Gasteiger partial charge in [0.2, 0.25) is 0 Å². The zero-order valence-electron chi connectivity index (χ0n) is 9.09. The molecule has 0 atom stereocenters. The Morgan fingerprint density at radius 2 is 1.94 bits per heavy atom. The van der Waals surface area contributed by atoms with E-state index in [2.05, 4.69) is 21.2 Å². The van der Waals surface area contributed by atoms with Crippen LogP contribution in [0.3, 0.4) is 0 Å². The highest BCUT2D eigenvalue weighted by molar-refractivity contribution is 9.11. The van der Waals surface area contributed by atoms with Crippen LogP contribution in [0.2, 0.25) is 0 Å². The largest absolute Gasteiger partial charge is 0.418 e. The van der Waals surface area contributed by atoms with E-state index >= 15 is 0 Å². The number of benzene rings is 1. The van der Waals surface area contributed by atoms with Crippen molar-refractivity contribution in [2.24, 2.45) is 0 Å². The highest BCUT2D eigenvalue weighted by atomic mass is 79.9. The molecule has 0 aliphatic rings. The van der Waals surface area contributed by atoms with E-state index < -0.39 is 11.7 Å². The Morgan fingerprint density at radius 1 is 1.22 bits per heavy atom. The van der Waals surface area contributed by atoms with E-state index in [4.69, 9.17) is 0 Å². The zero-order chi connectivity index (χ0) is 13.2. The van der Waals surface area contributed by atoms with Crippen LogP contribution in [0.5, 0.6) is 0 Å². The van der Waals surface area contributed by atoms with Crippen molar-refractivity contribution in [2.75, 3.05) is 5.32 Å². The summed E-state index contributed by atoms with van der Waals surface area (Å²) >= 11 is 4.82. The molecule has 96 valence electrons. The second kappa shape index (κ2) is 5.32. The molecule has 2 rings (SSSR count). The molecule has 0 radical (unpaired) electrons. The van der Waals surface area contributed by atoms with Crippen molar-refractivity contribution in [2.45, 2.75) is 12.7 Å². The summed E-state index contributed by atoms with van der Waals surface area (Å²) in [5.74, 6) is 0. The Hall–Kier alpha value is -1.01. The van der Waals surface area contributed by atoms with Crippen LogP contribution in [-0.2, 0) is 12.7 Å². The lowest BCUT2D eigenvalue weighted by Crippen LogP contribution is -2.10. The number of para-hydroxylation sites is 1. The van der Waals surface area contributed by atoms with Gasteiger partial charge in [0.1, 0.15) is 0 Å². The minimum absolute atomic E-state index is 0.104. The number of hydrogen-bond acceptors (Lipinski definition) is 2. The van der Waals surface area contributed by atoms with Gasteiger partial charge in [0.15, 0.2) is 0 Å². The molecule has 18 heavy (non-hydrogen) atoms. The van der Waals surface area contributed by atoms with Gasteiger partial charge in [0.25, 0.3) is 0 Å². The van der Waals surface area contributed by atoms with Gasteiger partial charge < -0.3 is 5.32 Å². The average molecular weight is 336 g/mol. The van der Waals surface area contributed by atoms with Crippen LogP contribution in [0.25, 0.3) is 0 Å². The molecule has 0 fully saturated rings. The number of nitrogens with one attached hydrogen (secondary N) is 1. The van der Waals surface area contributed by atoms with Crippen molar-refractivity contribution in [1.82, 2.24) is 0 Å². The Balaban J connectivity index is 2.14. The third-order valence-electron chi connectivity index (χ3n) is 2.34. The summed E-state index contributed by atoms with van der Waals surface area (Å²) in [6.07, 6.45) is -4.33. The highest BCUT2D eigenvalue weighted by Crippen LogP contribution is 2.34. The van der Waals surface area contributed by atoms with Gasteiger partial charge in [-0.15, -0.1) is 11.3 Å². The van der Waals surface area contributed by atoms with Crippen molar-refractivity contribution in [3.05, 3.63) is 50.6 Å². The smallest absolute Gasteiger partial charge is 0.380 e. The molecule has 1 N–H and O–H groups in total. The first kappa shape index (κ1) is 13.4. The molecular formula is C12H9BrF3NS. The number of hydrogen-bond donors (Lipinski definition) is 1. The predicted octanol–water partition coefficient (Wildman–Crippen LogP) is 5.14. The number of anilines is 1. The maximum absolute atomic E-state index is 12.7. The lowest BCUT2D eigenvalue weighted by Gasteiger charge is -2.13. The van der Waals surface area contributed by atoms with Crippen LogP contribution in [0.15, 0.2) is 39.5 Å². The number of thiophene rings is 1. The van der Waals surface area contributed by atoms with Gasteiger partial charge in [-0.2, -0.15) is 13.2 Å². The summed E-state index contributed by atoms with van der Waals surface area (Å²) in [5.41, 5.74) is 0.412. The molecule has 0 bridgehead atoms. The summed E-state index contributed by atoms with van der Waals surface area (Å²) in [5, 5.41) is 4.71. The minimum Gasteiger partial charge on any atom is -0.380 e. The van der Waals surface area contributed by atoms with Gasteiger partial charge in [-0.3, -0.25) is 0 Å². The van der Waals surface area contributed by atoms with Crippen molar-refractivity contribution in [3.8, 4) is 0 Å². The lowest BCUT2D eigenvalue weighted by molar-refractivity contribution is -0.136. The van der Waals surface area contributed by atoms with Gasteiger partial charge in [-0.05, 0) is 45.1 Å². The summed E-state index contributed by atoms with van der Waals surface area (Å²) in [6.45, 7) is 0.370. The molecule has 0 aliphatic heterocycles. The Bertz CT molecular complexity index is 536. The molecule has 1 aromatic carbocycles. The van der Waals surface area contributed by atoms with E-state index in [1.165, 1.54) is 23.5 Å². The maximum Gasteiger partial charge on any atom is 0.418 e. The molecular weight excluding hydrogens is 327 g/mol. The first-order valence-corrected chi connectivity index (χ1v) is 6.77. The van der Waals surface area contributed by atoms with Gasteiger partial charge in [-0.1, -0.05) is 12.1 Å². The molecule has 0 spiro atoms. The number of halogens is 4. The molecule has 0 amide bonds. The van der Waals surface area contributed by atoms with Gasteiger partial charge in [0.05, 0.1) is 9.35 Å². The minimum atomic E-state index is -4.33. The molecule has 0 unspecified atom stereocenters. The summed E-state index contributed by atoms with van der Waals surface area (Å²) < 4.78 is 39.2. The average Bonchev–Trinajstić information content (AvgIpc) is 2.72. The molecule has 6 heteroatoms. The zero-order valence-corrected chi connectivity index (χ0v) is 11.5. The van der Waals surface area contributed by atoms with E-state index in [0.717, 1.165) is 15.4 Å². The Labute approximate surface area is 115 Å². The maximum atomic E-state index is 12.7. The van der Waals surface area contributed by atoms with E-state index in [1.807, 2.05) is 11.4 Å². The SMILES string of the molecule is FC(F)(F)c1ccccc1NCc1csc(Br)c1. The van der Waals surface area contributed by atoms with E-state index in [9.17, 15) is 13.2 Å². The lowest BCUT2D eigenvalue weighted by atomic mass is 10.1. The Morgan fingerprint density at radius 3 is 2.56 bits per heavy atom. The topological polar surface area (TPSA) is 12.0 Å². The second-order valence-corrected chi connectivity index (χ2v) is 5.95. The Kier molecular flexibility index (Phi) is 3.97. The third kappa shape index (κ3) is 3.26. The van der Waals surface area contributed by atoms with Crippen molar-refractivity contribution in [1.29, 1.82) is 0 Å². The van der Waals surface area contributed by atoms with Crippen LogP contribution >= 0.6 is 27.3 Å². The molecule has 0 saturated carbocycles. The van der Waals surface area contributed by atoms with Gasteiger partial charge in [0, 0.05) is 12.2 Å². The first-order valence-electron chi connectivity index (χ1n) is 5.10. The first-order chi connectivity index (χ1) is 8.47. The fourth-order valence-corrected chi connectivity index (χ4v) is 2.73. The number of rotatable bonds is 3. The van der Waals surface area contributed by atoms with Crippen molar-refractivity contribution in [3.63, 3.8) is 0 Å². The fourth-order valence-electron chi connectivity index (χ4n) is 1.52. The molecule has 0 aliphatic carbocycles. The van der Waals surface area contributed by atoms with E-state index in [1.54, 1.807) is 6.07 Å². The fraction of sp³-hybridized carbons (Fsp3) is 0.167. The summed E-state index contributed by atoms with van der Waals surface area (Å²) in [4.78, 5) is 0. The normalized spacial score (nSPS) is 11.6. The van der Waals surface area contributed by atoms with Crippen LogP contribution in [0.1, 0.15) is 11.1 Å². The third-order valence-corrected chi connectivity index (χ3v) is 3.89. The monoisotopic (exact) mass is 335 g/mol. The summed E-state index contributed by atoms with van der Waals surface area (Å²) in [6, 6.07) is 7.36. The van der Waals surface area contributed by atoms with Crippen LogP contribution < -0.4 is 5.32 Å². The van der Waals surface area contributed by atoms with Crippen LogP contribution in [0.4, 0.5) is 18.9 Å². The van der Waals surface area contributed by atoms with Crippen molar-refractivity contribution < 1.29 is 13.2 Å². The van der Waals surface area contributed by atoms with E-state index in [-0.39, 0.29) is 5.69 Å². The molecule has 0 saturated heterocycles. The quantitative estimate of drug-likeness (QED) is 0.818. The standard InChI is InChI=1S/C12H9BrF3NS/c13-11-5-8(7-18-11)6-17-10-4-2-1-3-9(10)12(14,15)16/h1-5,7,17H,6H2. The van der Waals surface area contributed by atoms with Crippen molar-refractivity contribution >= 4 is 33.0 Å². The second-order valence-electron chi connectivity index (χ2n) is 3.66. The highest BCUT2D eigenvalue weighted by Gasteiger charge is 2.32. The number of alkyl halides is 3. The molecule has 1 nitrogen and oxygen atoms in total. The van der Waals surface area contributed by atoms with Gasteiger partial charge >= 0.3 is 6.18 Å². The predicted molar refractivity (Wildman–Crippen MR) is 70.8 cm³/mol. The van der Waals surface area contributed by atoms with Crippen LogP contribution in [0, 0.1) is 0 Å². The summed E-state index contributed by atoms with van der Waals surface area (Å²) in [7, 11) is 0. The molecule has 2 aromatic rings.